The predicted octanol–water partition coefficient (Wildman–Crippen LogP) is 6.70. The van der Waals surface area contributed by atoms with Crippen molar-refractivity contribution >= 4 is 5.97 Å². The van der Waals surface area contributed by atoms with Crippen molar-refractivity contribution in [2.24, 2.45) is 0 Å². The lowest BCUT2D eigenvalue weighted by Gasteiger charge is -2.39. The van der Waals surface area contributed by atoms with E-state index in [2.05, 4.69) is 16.9 Å². The fraction of sp³-hybridized carbons (Fsp3) is 0.567. The van der Waals surface area contributed by atoms with Crippen LogP contribution in [0.1, 0.15) is 71.4 Å². The van der Waals surface area contributed by atoms with Gasteiger partial charge in [0.1, 0.15) is 6.10 Å². The second kappa shape index (κ2) is 19.9. The number of ether oxygens (including phenoxy) is 5. The molecular formula is C30H46O6. The van der Waals surface area contributed by atoms with Crippen LogP contribution in [0.2, 0.25) is 0 Å². The zero-order valence-electron chi connectivity index (χ0n) is 23.0. The third-order valence-electron chi connectivity index (χ3n) is 5.54. The summed E-state index contributed by atoms with van der Waals surface area (Å²) in [6, 6.07) is 20.2. The Kier molecular flexibility index (Phi) is 17.6. The standard InChI is InChI=1S/C26H34O6.2C2H6/c1-20-23(30-18-21-11-5-3-6-12-21)17-24(31-19-22-13-7-4-8-14-22)26(32-20)29-16-10-9-15-25(27)28-2;2*1-2/h3-8,11-14,20,23-24,26H,9-10,15-19H2,1-2H3;2*1-2H3/t20?,23-,24+,26?;;/m1../s1. The van der Waals surface area contributed by atoms with E-state index >= 15 is 0 Å². The molecular weight excluding hydrogens is 456 g/mol. The van der Waals surface area contributed by atoms with Gasteiger partial charge in [-0.1, -0.05) is 88.4 Å². The SMILES string of the molecule is CC.CC.COC(=O)CCCCOC1OC(C)[C@H](OCc2ccccc2)C[C@@H]1OCc1ccccc1. The topological polar surface area (TPSA) is 63.2 Å². The molecule has 2 unspecified atom stereocenters. The molecule has 0 aliphatic carbocycles. The summed E-state index contributed by atoms with van der Waals surface area (Å²) in [5.74, 6) is -0.199. The molecule has 36 heavy (non-hydrogen) atoms. The molecule has 2 aromatic rings. The quantitative estimate of drug-likeness (QED) is 0.238. The van der Waals surface area contributed by atoms with Crippen LogP contribution in [0.25, 0.3) is 0 Å². The van der Waals surface area contributed by atoms with E-state index in [4.69, 9.17) is 18.9 Å². The molecule has 0 bridgehead atoms. The molecule has 1 aliphatic heterocycles. The van der Waals surface area contributed by atoms with Crippen LogP contribution in [0.4, 0.5) is 0 Å². The molecule has 0 aromatic heterocycles. The third-order valence-corrected chi connectivity index (χ3v) is 5.54. The van der Waals surface area contributed by atoms with Crippen molar-refractivity contribution in [1.82, 2.24) is 0 Å². The minimum atomic E-state index is -0.469. The molecule has 0 spiro atoms. The second-order valence-corrected chi connectivity index (χ2v) is 8.02. The summed E-state index contributed by atoms with van der Waals surface area (Å²) in [5.41, 5.74) is 2.23. The van der Waals surface area contributed by atoms with Gasteiger partial charge in [0, 0.05) is 19.4 Å². The van der Waals surface area contributed by atoms with Crippen molar-refractivity contribution in [3.05, 3.63) is 71.8 Å². The number of methoxy groups -OCH3 is 1. The molecule has 202 valence electrons. The molecule has 4 atom stereocenters. The van der Waals surface area contributed by atoms with Gasteiger partial charge in [-0.3, -0.25) is 4.79 Å². The van der Waals surface area contributed by atoms with Gasteiger partial charge in [0.05, 0.1) is 32.5 Å². The Morgan fingerprint density at radius 1 is 0.806 bits per heavy atom. The van der Waals surface area contributed by atoms with Gasteiger partial charge < -0.3 is 23.7 Å². The van der Waals surface area contributed by atoms with Gasteiger partial charge in [0.25, 0.3) is 0 Å². The van der Waals surface area contributed by atoms with Crippen LogP contribution >= 0.6 is 0 Å². The Balaban J connectivity index is 0.00000154. The fourth-order valence-corrected chi connectivity index (χ4v) is 3.64. The number of hydrogen-bond acceptors (Lipinski definition) is 6. The van der Waals surface area contributed by atoms with E-state index in [-0.39, 0.29) is 24.3 Å². The van der Waals surface area contributed by atoms with Crippen LogP contribution < -0.4 is 0 Å². The smallest absolute Gasteiger partial charge is 0.305 e. The van der Waals surface area contributed by atoms with Crippen molar-refractivity contribution < 1.29 is 28.5 Å². The van der Waals surface area contributed by atoms with Gasteiger partial charge in [0.15, 0.2) is 6.29 Å². The van der Waals surface area contributed by atoms with Crippen LogP contribution in [0, 0.1) is 0 Å². The number of rotatable bonds is 12. The van der Waals surface area contributed by atoms with Crippen LogP contribution in [0.5, 0.6) is 0 Å². The fourth-order valence-electron chi connectivity index (χ4n) is 3.64. The van der Waals surface area contributed by atoms with E-state index in [1.807, 2.05) is 83.1 Å². The maximum atomic E-state index is 11.3. The minimum Gasteiger partial charge on any atom is -0.469 e. The molecule has 0 amide bonds. The van der Waals surface area contributed by atoms with Crippen molar-refractivity contribution in [2.45, 2.75) is 98.1 Å². The van der Waals surface area contributed by atoms with Crippen LogP contribution in [0.15, 0.2) is 60.7 Å². The van der Waals surface area contributed by atoms with Crippen molar-refractivity contribution in [1.29, 1.82) is 0 Å². The third kappa shape index (κ3) is 12.1. The Hall–Kier alpha value is -2.25. The van der Waals surface area contributed by atoms with Crippen molar-refractivity contribution in [3.8, 4) is 0 Å². The summed E-state index contributed by atoms with van der Waals surface area (Å²) < 4.78 is 29.3. The lowest BCUT2D eigenvalue weighted by Crippen LogP contribution is -2.49. The number of carbonyl (C=O) groups is 1. The largest absolute Gasteiger partial charge is 0.469 e. The molecule has 0 radical (unpaired) electrons. The molecule has 0 N–H and O–H groups in total. The van der Waals surface area contributed by atoms with Gasteiger partial charge in [-0.15, -0.1) is 0 Å². The van der Waals surface area contributed by atoms with E-state index in [9.17, 15) is 4.79 Å². The monoisotopic (exact) mass is 502 g/mol. The van der Waals surface area contributed by atoms with Gasteiger partial charge in [-0.25, -0.2) is 0 Å². The Morgan fingerprint density at radius 2 is 1.33 bits per heavy atom. The lowest BCUT2D eigenvalue weighted by atomic mass is 10.0. The zero-order chi connectivity index (χ0) is 26.6. The van der Waals surface area contributed by atoms with Crippen LogP contribution in [-0.4, -0.2) is 44.3 Å². The maximum absolute atomic E-state index is 11.3. The van der Waals surface area contributed by atoms with Crippen LogP contribution in [0.3, 0.4) is 0 Å². The van der Waals surface area contributed by atoms with E-state index in [0.29, 0.717) is 39.1 Å². The predicted molar refractivity (Wildman–Crippen MR) is 144 cm³/mol. The highest BCUT2D eigenvalue weighted by molar-refractivity contribution is 5.68. The Morgan fingerprint density at radius 3 is 1.86 bits per heavy atom. The van der Waals surface area contributed by atoms with Gasteiger partial charge in [-0.2, -0.15) is 0 Å². The summed E-state index contributed by atoms with van der Waals surface area (Å²) in [6.45, 7) is 11.5. The average Bonchev–Trinajstić information content (AvgIpc) is 2.94. The molecule has 6 heteroatoms. The second-order valence-electron chi connectivity index (χ2n) is 8.02. The van der Waals surface area contributed by atoms with Crippen LogP contribution in [-0.2, 0) is 41.7 Å². The molecule has 1 fully saturated rings. The number of unbranched alkanes of at least 4 members (excludes halogenated alkanes) is 1. The normalized spacial score (nSPS) is 20.8. The molecule has 2 aromatic carbocycles. The van der Waals surface area contributed by atoms with Gasteiger partial charge >= 0.3 is 5.97 Å². The average molecular weight is 503 g/mol. The molecule has 1 heterocycles. The first-order valence-electron chi connectivity index (χ1n) is 13.3. The van der Waals surface area contributed by atoms with Crippen molar-refractivity contribution in [3.63, 3.8) is 0 Å². The molecule has 1 aliphatic rings. The summed E-state index contributed by atoms with van der Waals surface area (Å²) in [7, 11) is 1.40. The summed E-state index contributed by atoms with van der Waals surface area (Å²) >= 11 is 0. The molecule has 0 saturated carbocycles. The summed E-state index contributed by atoms with van der Waals surface area (Å²) in [6.07, 6.45) is 1.64. The number of carbonyl (C=O) groups excluding carboxylic acids is 1. The van der Waals surface area contributed by atoms with Gasteiger partial charge in [-0.05, 0) is 30.9 Å². The number of hydrogen-bond donors (Lipinski definition) is 0. The number of esters is 1. The molecule has 3 rings (SSSR count). The minimum absolute atomic E-state index is 0.0878. The van der Waals surface area contributed by atoms with Gasteiger partial charge in [0.2, 0.25) is 0 Å². The first-order valence-corrected chi connectivity index (χ1v) is 13.3. The van der Waals surface area contributed by atoms with E-state index in [0.717, 1.165) is 17.5 Å². The lowest BCUT2D eigenvalue weighted by molar-refractivity contribution is -0.279. The highest BCUT2D eigenvalue weighted by Gasteiger charge is 2.38. The number of benzene rings is 2. The first kappa shape index (κ1) is 31.8. The zero-order valence-corrected chi connectivity index (χ0v) is 23.0. The van der Waals surface area contributed by atoms with Crippen molar-refractivity contribution in [2.75, 3.05) is 13.7 Å². The molecule has 1 saturated heterocycles. The van der Waals surface area contributed by atoms with E-state index in [1.54, 1.807) is 0 Å². The summed E-state index contributed by atoms with van der Waals surface area (Å²) in [5, 5.41) is 0. The molecule has 6 nitrogen and oxygen atoms in total. The first-order chi connectivity index (χ1) is 17.7. The highest BCUT2D eigenvalue weighted by atomic mass is 16.7. The van der Waals surface area contributed by atoms with E-state index in [1.165, 1.54) is 7.11 Å². The Labute approximate surface area is 218 Å². The highest BCUT2D eigenvalue weighted by Crippen LogP contribution is 2.27. The summed E-state index contributed by atoms with van der Waals surface area (Å²) in [4.78, 5) is 11.3. The maximum Gasteiger partial charge on any atom is 0.305 e. The van der Waals surface area contributed by atoms with E-state index < -0.39 is 6.29 Å². The Bertz CT molecular complexity index is 783.